The molecule has 1 aliphatic carbocycles. The van der Waals surface area contributed by atoms with Crippen LogP contribution >= 0.6 is 0 Å². The topological polar surface area (TPSA) is 69.6 Å². The van der Waals surface area contributed by atoms with Gasteiger partial charge in [0, 0.05) is 13.1 Å². The minimum atomic E-state index is -0.990. The van der Waals surface area contributed by atoms with E-state index in [1.165, 1.54) is 0 Å². The zero-order valence-electron chi connectivity index (χ0n) is 11.7. The van der Waals surface area contributed by atoms with Crippen molar-refractivity contribution < 1.29 is 14.7 Å². The molecule has 5 nitrogen and oxygen atoms in total. The molecule has 104 valence electrons. The van der Waals surface area contributed by atoms with Gasteiger partial charge in [-0.15, -0.1) is 0 Å². The number of carbonyl (C=O) groups excluding carboxylic acids is 1. The molecule has 1 aliphatic rings. The molecule has 0 aromatic rings. The highest BCUT2D eigenvalue weighted by molar-refractivity contribution is 5.83. The molecular weight excluding hydrogens is 232 g/mol. The van der Waals surface area contributed by atoms with Gasteiger partial charge in [-0.3, -0.25) is 0 Å². The first-order chi connectivity index (χ1) is 8.23. The quantitative estimate of drug-likeness (QED) is 0.812. The fraction of sp³-hybridized carbons (Fsp3) is 0.846. The number of nitrogens with zero attached hydrogens (tertiary/aromatic N) is 1. The Bertz CT molecular complexity index is 317. The van der Waals surface area contributed by atoms with Crippen molar-refractivity contribution in [2.75, 3.05) is 7.05 Å². The summed E-state index contributed by atoms with van der Waals surface area (Å²) in [5.41, 5.74) is -0.502. The lowest BCUT2D eigenvalue weighted by molar-refractivity contribution is -0.142. The molecule has 2 amide bonds. The first-order valence-corrected chi connectivity index (χ1v) is 6.49. The number of carboxylic acid groups (broad SMARTS) is 1. The maximum atomic E-state index is 12.0. The molecule has 1 saturated carbocycles. The Morgan fingerprint density at radius 3 is 2.17 bits per heavy atom. The molecule has 18 heavy (non-hydrogen) atoms. The molecule has 0 radical (unpaired) electrons. The Morgan fingerprint density at radius 1 is 1.28 bits per heavy atom. The van der Waals surface area contributed by atoms with Crippen molar-refractivity contribution in [1.29, 1.82) is 0 Å². The van der Waals surface area contributed by atoms with Crippen LogP contribution in [-0.2, 0) is 4.79 Å². The van der Waals surface area contributed by atoms with Crippen LogP contribution in [0.3, 0.4) is 0 Å². The number of carbonyl (C=O) groups is 2. The lowest BCUT2D eigenvalue weighted by Crippen LogP contribution is -2.54. The average Bonchev–Trinajstić information content (AvgIpc) is 2.75. The van der Waals surface area contributed by atoms with Gasteiger partial charge in [0.2, 0.25) is 0 Å². The van der Waals surface area contributed by atoms with Gasteiger partial charge in [0.05, 0.1) is 0 Å². The zero-order chi connectivity index (χ0) is 13.9. The van der Waals surface area contributed by atoms with Crippen LogP contribution in [0.5, 0.6) is 0 Å². The van der Waals surface area contributed by atoms with E-state index in [1.54, 1.807) is 11.9 Å². The third-order valence-corrected chi connectivity index (χ3v) is 3.57. The summed E-state index contributed by atoms with van der Waals surface area (Å²) in [7, 11) is 1.74. The molecule has 1 atom stereocenters. The molecule has 0 spiro atoms. The van der Waals surface area contributed by atoms with Gasteiger partial charge >= 0.3 is 12.0 Å². The van der Waals surface area contributed by atoms with Gasteiger partial charge in [-0.25, -0.2) is 9.59 Å². The van der Waals surface area contributed by atoms with Crippen LogP contribution in [0.4, 0.5) is 4.79 Å². The van der Waals surface area contributed by atoms with Gasteiger partial charge in [-0.2, -0.15) is 0 Å². The maximum absolute atomic E-state index is 12.0. The Labute approximate surface area is 109 Å². The minimum absolute atomic E-state index is 0.249. The molecule has 1 rings (SSSR count). The van der Waals surface area contributed by atoms with Gasteiger partial charge in [-0.05, 0) is 18.3 Å². The molecule has 0 aromatic heterocycles. The van der Waals surface area contributed by atoms with E-state index in [0.29, 0.717) is 0 Å². The van der Waals surface area contributed by atoms with Crippen molar-refractivity contribution in [1.82, 2.24) is 10.2 Å². The molecule has 1 fully saturated rings. The molecule has 5 heteroatoms. The van der Waals surface area contributed by atoms with Gasteiger partial charge in [0.15, 0.2) is 0 Å². The first-order valence-electron chi connectivity index (χ1n) is 6.49. The monoisotopic (exact) mass is 256 g/mol. The van der Waals surface area contributed by atoms with Crippen molar-refractivity contribution in [2.45, 2.75) is 58.5 Å². The Morgan fingerprint density at radius 2 is 1.78 bits per heavy atom. The fourth-order valence-corrected chi connectivity index (χ4v) is 2.33. The number of nitrogens with one attached hydrogen (secondary N) is 1. The van der Waals surface area contributed by atoms with Crippen LogP contribution < -0.4 is 5.32 Å². The second kappa shape index (κ2) is 5.59. The third kappa shape index (κ3) is 3.62. The van der Waals surface area contributed by atoms with Gasteiger partial charge in [0.25, 0.3) is 0 Å². The first kappa shape index (κ1) is 14.8. The number of hydrogen-bond acceptors (Lipinski definition) is 2. The molecule has 2 N–H and O–H groups in total. The van der Waals surface area contributed by atoms with Gasteiger partial charge in [-0.1, -0.05) is 33.6 Å². The maximum Gasteiger partial charge on any atom is 0.326 e. The highest BCUT2D eigenvalue weighted by Crippen LogP contribution is 2.23. The predicted molar refractivity (Wildman–Crippen MR) is 69.4 cm³/mol. The number of urea groups is 1. The van der Waals surface area contributed by atoms with Crippen molar-refractivity contribution in [3.05, 3.63) is 0 Å². The second-order valence-corrected chi connectivity index (χ2v) is 6.14. The normalized spacial score (nSPS) is 18.4. The standard InChI is InChI=1S/C13H24N2O3/c1-13(2,3)10(11(16)17)14-12(18)15(4)9-7-5-6-8-9/h9-10H,5-8H2,1-4H3,(H,14,18)(H,16,17). The fourth-order valence-electron chi connectivity index (χ4n) is 2.33. The minimum Gasteiger partial charge on any atom is -0.480 e. The highest BCUT2D eigenvalue weighted by atomic mass is 16.4. The van der Waals surface area contributed by atoms with Crippen molar-refractivity contribution >= 4 is 12.0 Å². The summed E-state index contributed by atoms with van der Waals surface area (Å²) in [5, 5.41) is 11.8. The van der Waals surface area contributed by atoms with Gasteiger partial charge < -0.3 is 15.3 Å². The molecular formula is C13H24N2O3. The van der Waals surface area contributed by atoms with E-state index in [2.05, 4.69) is 5.32 Å². The van der Waals surface area contributed by atoms with Gasteiger partial charge in [0.1, 0.15) is 6.04 Å². The Kier molecular flexibility index (Phi) is 4.59. The molecule has 0 aromatic carbocycles. The van der Waals surface area contributed by atoms with E-state index < -0.39 is 17.4 Å². The Balaban J connectivity index is 2.63. The molecule has 0 aliphatic heterocycles. The van der Waals surface area contributed by atoms with Crippen LogP contribution in [0.15, 0.2) is 0 Å². The second-order valence-electron chi connectivity index (χ2n) is 6.14. The largest absolute Gasteiger partial charge is 0.480 e. The molecule has 0 saturated heterocycles. The lowest BCUT2D eigenvalue weighted by atomic mass is 9.87. The van der Waals surface area contributed by atoms with E-state index in [4.69, 9.17) is 0 Å². The summed E-state index contributed by atoms with van der Waals surface area (Å²) in [4.78, 5) is 24.9. The van der Waals surface area contributed by atoms with Crippen LogP contribution in [0.25, 0.3) is 0 Å². The van der Waals surface area contributed by atoms with Crippen molar-refractivity contribution in [2.24, 2.45) is 5.41 Å². The van der Waals surface area contributed by atoms with Crippen LogP contribution in [0.1, 0.15) is 46.5 Å². The SMILES string of the molecule is CN(C(=O)NC(C(=O)O)C(C)(C)C)C1CCCC1. The number of rotatable bonds is 3. The predicted octanol–water partition coefficient (Wildman–Crippen LogP) is 2.07. The summed E-state index contributed by atoms with van der Waals surface area (Å²) >= 11 is 0. The van der Waals surface area contributed by atoms with Crippen LogP contribution in [0, 0.1) is 5.41 Å². The Hall–Kier alpha value is -1.26. The molecule has 0 heterocycles. The van der Waals surface area contributed by atoms with E-state index >= 15 is 0 Å². The number of aliphatic carboxylic acids is 1. The third-order valence-electron chi connectivity index (χ3n) is 3.57. The lowest BCUT2D eigenvalue weighted by Gasteiger charge is -2.31. The van der Waals surface area contributed by atoms with Crippen LogP contribution in [0.2, 0.25) is 0 Å². The number of amides is 2. The number of hydrogen-bond donors (Lipinski definition) is 2. The summed E-state index contributed by atoms with van der Waals surface area (Å²) in [6.45, 7) is 5.42. The summed E-state index contributed by atoms with van der Waals surface area (Å²) in [6.07, 6.45) is 4.31. The average molecular weight is 256 g/mol. The molecule has 1 unspecified atom stereocenters. The number of carboxylic acids is 1. The van der Waals surface area contributed by atoms with E-state index in [1.807, 2.05) is 20.8 Å². The van der Waals surface area contributed by atoms with E-state index in [9.17, 15) is 14.7 Å². The highest BCUT2D eigenvalue weighted by Gasteiger charge is 2.34. The smallest absolute Gasteiger partial charge is 0.326 e. The molecule has 0 bridgehead atoms. The zero-order valence-corrected chi connectivity index (χ0v) is 11.7. The summed E-state index contributed by atoms with van der Waals surface area (Å²) in [6, 6.07) is -0.905. The van der Waals surface area contributed by atoms with E-state index in [-0.39, 0.29) is 12.1 Å². The van der Waals surface area contributed by atoms with Crippen molar-refractivity contribution in [3.63, 3.8) is 0 Å². The summed E-state index contributed by atoms with van der Waals surface area (Å²) < 4.78 is 0. The van der Waals surface area contributed by atoms with E-state index in [0.717, 1.165) is 25.7 Å². The van der Waals surface area contributed by atoms with Crippen molar-refractivity contribution in [3.8, 4) is 0 Å². The summed E-state index contributed by atoms with van der Waals surface area (Å²) in [5.74, 6) is -0.990. The van der Waals surface area contributed by atoms with Crippen LogP contribution in [-0.4, -0.2) is 41.1 Å².